The standard InChI is InChI=1S/C16H30N2O/c17-12-3-6-15-5-2-10-16(15)9-1-4-14(7-11-16)8-13-18-19/h14-15H,1-13,17H2. The summed E-state index contributed by atoms with van der Waals surface area (Å²) in [5, 5.41) is 3.04. The van der Waals surface area contributed by atoms with Crippen LogP contribution in [0.15, 0.2) is 5.18 Å². The molecule has 2 aliphatic rings. The summed E-state index contributed by atoms with van der Waals surface area (Å²) in [5.74, 6) is 1.69. The molecule has 2 fully saturated rings. The van der Waals surface area contributed by atoms with Crippen LogP contribution in [0.4, 0.5) is 0 Å². The number of nitroso groups, excluding NO2 is 1. The lowest BCUT2D eigenvalue weighted by Crippen LogP contribution is -2.25. The molecule has 0 radical (unpaired) electrons. The van der Waals surface area contributed by atoms with E-state index in [1.807, 2.05) is 0 Å². The molecule has 2 rings (SSSR count). The van der Waals surface area contributed by atoms with Gasteiger partial charge in [0.05, 0.1) is 6.54 Å². The quantitative estimate of drug-likeness (QED) is 0.731. The molecule has 3 atom stereocenters. The highest BCUT2D eigenvalue weighted by Crippen LogP contribution is 2.54. The minimum atomic E-state index is 0.522. The van der Waals surface area contributed by atoms with Gasteiger partial charge in [0.25, 0.3) is 0 Å². The molecule has 0 aliphatic heterocycles. The lowest BCUT2D eigenvalue weighted by molar-refractivity contribution is 0.154. The molecule has 110 valence electrons. The predicted octanol–water partition coefficient (Wildman–Crippen LogP) is 4.25. The van der Waals surface area contributed by atoms with E-state index >= 15 is 0 Å². The summed E-state index contributed by atoms with van der Waals surface area (Å²) >= 11 is 0. The number of hydrogen-bond donors (Lipinski definition) is 1. The van der Waals surface area contributed by atoms with Crippen LogP contribution in [0.25, 0.3) is 0 Å². The first kappa shape index (κ1) is 15.0. The molecule has 0 aromatic carbocycles. The second-order valence-corrected chi connectivity index (χ2v) is 6.82. The van der Waals surface area contributed by atoms with Gasteiger partial charge in [-0.1, -0.05) is 24.4 Å². The van der Waals surface area contributed by atoms with E-state index in [1.165, 1.54) is 64.2 Å². The maximum Gasteiger partial charge on any atom is 0.0813 e. The first-order chi connectivity index (χ1) is 9.30. The molecule has 3 nitrogen and oxygen atoms in total. The second kappa shape index (κ2) is 7.37. The van der Waals surface area contributed by atoms with Crippen LogP contribution in [0.3, 0.4) is 0 Å². The Hall–Kier alpha value is -0.440. The van der Waals surface area contributed by atoms with Crippen molar-refractivity contribution in [2.75, 3.05) is 13.1 Å². The van der Waals surface area contributed by atoms with Crippen LogP contribution in [-0.4, -0.2) is 13.1 Å². The van der Waals surface area contributed by atoms with Crippen molar-refractivity contribution < 1.29 is 0 Å². The molecule has 3 heteroatoms. The molecule has 0 amide bonds. The smallest absolute Gasteiger partial charge is 0.0813 e. The van der Waals surface area contributed by atoms with E-state index in [1.54, 1.807) is 0 Å². The summed E-state index contributed by atoms with van der Waals surface area (Å²) in [4.78, 5) is 10.3. The highest BCUT2D eigenvalue weighted by molar-refractivity contribution is 4.93. The van der Waals surface area contributed by atoms with Gasteiger partial charge in [-0.25, -0.2) is 0 Å². The third kappa shape index (κ3) is 3.77. The van der Waals surface area contributed by atoms with E-state index in [0.29, 0.717) is 12.0 Å². The zero-order chi connectivity index (χ0) is 13.6. The van der Waals surface area contributed by atoms with Crippen molar-refractivity contribution in [2.45, 2.75) is 70.6 Å². The number of nitrogens with zero attached hydrogens (tertiary/aromatic N) is 1. The average molecular weight is 266 g/mol. The Bertz CT molecular complexity index is 282. The number of nitrogens with two attached hydrogens (primary N) is 1. The van der Waals surface area contributed by atoms with Crippen molar-refractivity contribution in [3.05, 3.63) is 4.91 Å². The Kier molecular flexibility index (Phi) is 5.80. The predicted molar refractivity (Wildman–Crippen MR) is 79.9 cm³/mol. The van der Waals surface area contributed by atoms with Gasteiger partial charge in [0, 0.05) is 0 Å². The molecular weight excluding hydrogens is 236 g/mol. The van der Waals surface area contributed by atoms with Crippen molar-refractivity contribution in [2.24, 2.45) is 28.2 Å². The molecule has 0 bridgehead atoms. The van der Waals surface area contributed by atoms with E-state index < -0.39 is 0 Å². The summed E-state index contributed by atoms with van der Waals surface area (Å²) in [7, 11) is 0. The maximum absolute atomic E-state index is 10.3. The van der Waals surface area contributed by atoms with Crippen LogP contribution >= 0.6 is 0 Å². The Morgan fingerprint density at radius 3 is 2.58 bits per heavy atom. The molecule has 1 spiro atoms. The lowest BCUT2D eigenvalue weighted by atomic mass is 9.70. The molecule has 0 aromatic rings. The molecule has 2 saturated carbocycles. The highest BCUT2D eigenvalue weighted by Gasteiger charge is 2.42. The van der Waals surface area contributed by atoms with Gasteiger partial charge >= 0.3 is 0 Å². The maximum atomic E-state index is 10.3. The molecule has 0 aromatic heterocycles. The summed E-state index contributed by atoms with van der Waals surface area (Å²) in [6.07, 6.45) is 14.7. The highest BCUT2D eigenvalue weighted by atomic mass is 16.3. The molecule has 19 heavy (non-hydrogen) atoms. The van der Waals surface area contributed by atoms with Gasteiger partial charge < -0.3 is 5.73 Å². The van der Waals surface area contributed by atoms with E-state index in [9.17, 15) is 4.91 Å². The molecule has 2 aliphatic carbocycles. The van der Waals surface area contributed by atoms with Crippen LogP contribution in [0.1, 0.15) is 70.6 Å². The Balaban J connectivity index is 1.90. The third-order valence-corrected chi connectivity index (χ3v) is 5.82. The fraction of sp³-hybridized carbons (Fsp3) is 1.00. The van der Waals surface area contributed by atoms with Gasteiger partial charge in [-0.15, -0.1) is 0 Å². The van der Waals surface area contributed by atoms with E-state index in [0.717, 1.165) is 24.8 Å². The largest absolute Gasteiger partial charge is 0.330 e. The van der Waals surface area contributed by atoms with Crippen LogP contribution in [0.5, 0.6) is 0 Å². The minimum Gasteiger partial charge on any atom is -0.330 e. The van der Waals surface area contributed by atoms with Gasteiger partial charge in [-0.2, -0.15) is 4.91 Å². The van der Waals surface area contributed by atoms with Gasteiger partial charge in [0.1, 0.15) is 0 Å². The second-order valence-electron chi connectivity index (χ2n) is 6.82. The SMILES string of the molecule is NCCCC1CCCC12CCCC(CCN=O)CC2. The summed E-state index contributed by atoms with van der Waals surface area (Å²) < 4.78 is 0. The molecular formula is C16H30N2O. The van der Waals surface area contributed by atoms with Crippen LogP contribution < -0.4 is 5.73 Å². The molecule has 2 N–H and O–H groups in total. The van der Waals surface area contributed by atoms with Gasteiger partial charge in [-0.3, -0.25) is 0 Å². The van der Waals surface area contributed by atoms with Crippen molar-refractivity contribution in [1.29, 1.82) is 0 Å². The average Bonchev–Trinajstić information content (AvgIpc) is 2.69. The zero-order valence-corrected chi connectivity index (χ0v) is 12.3. The van der Waals surface area contributed by atoms with Crippen molar-refractivity contribution in [1.82, 2.24) is 0 Å². The van der Waals surface area contributed by atoms with Crippen LogP contribution in [0, 0.1) is 22.2 Å². The molecule has 0 saturated heterocycles. The Morgan fingerprint density at radius 1 is 1.05 bits per heavy atom. The van der Waals surface area contributed by atoms with E-state index in [-0.39, 0.29) is 0 Å². The van der Waals surface area contributed by atoms with Gasteiger partial charge in [0.15, 0.2) is 0 Å². The minimum absolute atomic E-state index is 0.522. The van der Waals surface area contributed by atoms with Gasteiger partial charge in [0.2, 0.25) is 0 Å². The Morgan fingerprint density at radius 2 is 1.84 bits per heavy atom. The monoisotopic (exact) mass is 266 g/mol. The normalized spacial score (nSPS) is 35.4. The van der Waals surface area contributed by atoms with Crippen LogP contribution in [-0.2, 0) is 0 Å². The fourth-order valence-corrected chi connectivity index (χ4v) is 4.71. The van der Waals surface area contributed by atoms with E-state index in [2.05, 4.69) is 5.18 Å². The summed E-state index contributed by atoms with van der Waals surface area (Å²) in [6.45, 7) is 1.37. The van der Waals surface area contributed by atoms with Crippen molar-refractivity contribution in [3.63, 3.8) is 0 Å². The van der Waals surface area contributed by atoms with Crippen molar-refractivity contribution in [3.8, 4) is 0 Å². The van der Waals surface area contributed by atoms with Gasteiger partial charge in [-0.05, 0) is 75.2 Å². The first-order valence-electron chi connectivity index (χ1n) is 8.30. The zero-order valence-electron chi connectivity index (χ0n) is 12.3. The number of hydrogen-bond acceptors (Lipinski definition) is 3. The summed E-state index contributed by atoms with van der Waals surface area (Å²) in [6, 6.07) is 0. The van der Waals surface area contributed by atoms with Crippen LogP contribution in [0.2, 0.25) is 0 Å². The first-order valence-corrected chi connectivity index (χ1v) is 8.30. The summed E-state index contributed by atoms with van der Waals surface area (Å²) in [5.41, 5.74) is 6.33. The number of rotatable bonds is 6. The molecule has 3 unspecified atom stereocenters. The third-order valence-electron chi connectivity index (χ3n) is 5.82. The lowest BCUT2D eigenvalue weighted by Gasteiger charge is -2.35. The van der Waals surface area contributed by atoms with Crippen molar-refractivity contribution >= 4 is 0 Å². The fourth-order valence-electron chi connectivity index (χ4n) is 4.71. The Labute approximate surface area is 117 Å². The molecule has 0 heterocycles. The van der Waals surface area contributed by atoms with E-state index in [4.69, 9.17) is 5.73 Å². The topological polar surface area (TPSA) is 55.4 Å².